The zero-order valence-electron chi connectivity index (χ0n) is 10.1. The van der Waals surface area contributed by atoms with Gasteiger partial charge in [0.25, 0.3) is 0 Å². The third-order valence-electron chi connectivity index (χ3n) is 3.57. The number of carbonyl (C=O) groups is 1. The average Bonchev–Trinajstić information content (AvgIpc) is 2.28. The van der Waals surface area contributed by atoms with Gasteiger partial charge < -0.3 is 15.0 Å². The first kappa shape index (κ1) is 11.9. The summed E-state index contributed by atoms with van der Waals surface area (Å²) >= 11 is 0. The van der Waals surface area contributed by atoms with E-state index in [0.717, 1.165) is 19.5 Å². The monoisotopic (exact) mass is 226 g/mol. The highest BCUT2D eigenvalue weighted by Gasteiger charge is 2.28. The highest BCUT2D eigenvalue weighted by molar-refractivity contribution is 5.82. The molecule has 4 nitrogen and oxygen atoms in total. The van der Waals surface area contributed by atoms with Gasteiger partial charge in [-0.2, -0.15) is 0 Å². The maximum absolute atomic E-state index is 12.2. The van der Waals surface area contributed by atoms with E-state index in [4.69, 9.17) is 4.74 Å². The van der Waals surface area contributed by atoms with Crippen molar-refractivity contribution in [2.45, 2.75) is 44.7 Å². The Hall–Kier alpha value is -0.610. The van der Waals surface area contributed by atoms with Crippen LogP contribution in [-0.4, -0.2) is 49.2 Å². The quantitative estimate of drug-likeness (QED) is 0.769. The number of amides is 1. The summed E-state index contributed by atoms with van der Waals surface area (Å²) in [5.41, 5.74) is 0. The minimum absolute atomic E-state index is 0.0170. The molecule has 1 N–H and O–H groups in total. The molecule has 1 saturated carbocycles. The molecule has 0 aromatic carbocycles. The number of ether oxygens (including phenoxy) is 1. The number of rotatable bonds is 4. The molecular weight excluding hydrogens is 204 g/mol. The molecule has 1 aliphatic heterocycles. The van der Waals surface area contributed by atoms with Crippen LogP contribution >= 0.6 is 0 Å². The smallest absolute Gasteiger partial charge is 0.239 e. The Morgan fingerprint density at radius 1 is 1.44 bits per heavy atom. The van der Waals surface area contributed by atoms with Gasteiger partial charge in [-0.25, -0.2) is 0 Å². The van der Waals surface area contributed by atoms with Crippen LogP contribution in [0.1, 0.15) is 32.6 Å². The Bertz CT molecular complexity index is 235. The summed E-state index contributed by atoms with van der Waals surface area (Å²) in [6, 6.07) is 0.596. The molecule has 1 aliphatic carbocycles. The van der Waals surface area contributed by atoms with Gasteiger partial charge in [-0.15, -0.1) is 0 Å². The molecule has 2 aliphatic rings. The van der Waals surface area contributed by atoms with Crippen molar-refractivity contribution in [2.75, 3.05) is 26.3 Å². The van der Waals surface area contributed by atoms with Gasteiger partial charge in [0.05, 0.1) is 19.3 Å². The molecule has 0 bridgehead atoms. The lowest BCUT2D eigenvalue weighted by molar-refractivity contribution is -0.138. The van der Waals surface area contributed by atoms with E-state index in [0.29, 0.717) is 19.3 Å². The topological polar surface area (TPSA) is 41.6 Å². The van der Waals surface area contributed by atoms with Gasteiger partial charge in [-0.1, -0.05) is 13.3 Å². The van der Waals surface area contributed by atoms with Crippen LogP contribution in [0, 0.1) is 0 Å². The van der Waals surface area contributed by atoms with Crippen LogP contribution in [0.3, 0.4) is 0 Å². The highest BCUT2D eigenvalue weighted by atomic mass is 16.5. The average molecular weight is 226 g/mol. The van der Waals surface area contributed by atoms with E-state index in [1.165, 1.54) is 19.3 Å². The van der Waals surface area contributed by atoms with E-state index in [2.05, 4.69) is 12.2 Å². The van der Waals surface area contributed by atoms with E-state index < -0.39 is 0 Å². The highest BCUT2D eigenvalue weighted by Crippen LogP contribution is 2.19. The summed E-state index contributed by atoms with van der Waals surface area (Å²) in [5.74, 6) is 0.262. The van der Waals surface area contributed by atoms with Crippen molar-refractivity contribution in [1.82, 2.24) is 10.2 Å². The van der Waals surface area contributed by atoms with Gasteiger partial charge in [0, 0.05) is 19.1 Å². The SMILES string of the molecule is CCC(NC1CCC1)C(=O)N1CCOCC1. The number of morpholine rings is 1. The standard InChI is InChI=1S/C12H22N2O2/c1-2-11(13-10-4-3-5-10)12(15)14-6-8-16-9-7-14/h10-11,13H,2-9H2,1H3. The van der Waals surface area contributed by atoms with Crippen LogP contribution in [-0.2, 0) is 9.53 Å². The van der Waals surface area contributed by atoms with Crippen molar-refractivity contribution < 1.29 is 9.53 Å². The molecule has 1 atom stereocenters. The summed E-state index contributed by atoms with van der Waals surface area (Å²) in [4.78, 5) is 14.1. The molecule has 1 heterocycles. The Morgan fingerprint density at radius 3 is 2.62 bits per heavy atom. The lowest BCUT2D eigenvalue weighted by atomic mass is 9.92. The summed E-state index contributed by atoms with van der Waals surface area (Å²) in [6.45, 7) is 4.95. The summed E-state index contributed by atoms with van der Waals surface area (Å²) in [6.07, 6.45) is 4.65. The van der Waals surface area contributed by atoms with Gasteiger partial charge in [0.1, 0.15) is 0 Å². The minimum atomic E-state index is 0.0170. The number of nitrogens with zero attached hydrogens (tertiary/aromatic N) is 1. The van der Waals surface area contributed by atoms with E-state index in [-0.39, 0.29) is 11.9 Å². The second-order valence-corrected chi connectivity index (χ2v) is 4.69. The van der Waals surface area contributed by atoms with Crippen LogP contribution in [0.4, 0.5) is 0 Å². The second-order valence-electron chi connectivity index (χ2n) is 4.69. The maximum atomic E-state index is 12.2. The molecule has 0 aromatic rings. The third kappa shape index (κ3) is 2.74. The molecule has 4 heteroatoms. The zero-order valence-corrected chi connectivity index (χ0v) is 10.1. The number of hydrogen-bond donors (Lipinski definition) is 1. The second kappa shape index (κ2) is 5.64. The Labute approximate surface area is 97.3 Å². The molecule has 1 unspecified atom stereocenters. The summed E-state index contributed by atoms with van der Waals surface area (Å²) < 4.78 is 5.26. The molecule has 16 heavy (non-hydrogen) atoms. The van der Waals surface area contributed by atoms with Gasteiger partial charge in [-0.3, -0.25) is 4.79 Å². The van der Waals surface area contributed by atoms with Gasteiger partial charge >= 0.3 is 0 Å². The Balaban J connectivity index is 1.83. The predicted molar refractivity (Wildman–Crippen MR) is 62.3 cm³/mol. The summed E-state index contributed by atoms with van der Waals surface area (Å²) in [5, 5.41) is 3.47. The van der Waals surface area contributed by atoms with Crippen LogP contribution in [0.25, 0.3) is 0 Å². The number of hydrogen-bond acceptors (Lipinski definition) is 3. The fourth-order valence-corrected chi connectivity index (χ4v) is 2.23. The summed E-state index contributed by atoms with van der Waals surface area (Å²) in [7, 11) is 0. The van der Waals surface area contributed by atoms with Crippen LogP contribution < -0.4 is 5.32 Å². The fraction of sp³-hybridized carbons (Fsp3) is 0.917. The van der Waals surface area contributed by atoms with Crippen molar-refractivity contribution in [3.8, 4) is 0 Å². The maximum Gasteiger partial charge on any atom is 0.239 e. The molecule has 0 spiro atoms. The zero-order chi connectivity index (χ0) is 11.4. The Kier molecular flexibility index (Phi) is 4.18. The molecule has 2 rings (SSSR count). The van der Waals surface area contributed by atoms with E-state index >= 15 is 0 Å². The molecule has 2 fully saturated rings. The molecule has 1 saturated heterocycles. The lowest BCUT2D eigenvalue weighted by Gasteiger charge is -2.34. The van der Waals surface area contributed by atoms with E-state index in [1.54, 1.807) is 0 Å². The van der Waals surface area contributed by atoms with Crippen LogP contribution in [0.5, 0.6) is 0 Å². The van der Waals surface area contributed by atoms with Gasteiger partial charge in [-0.05, 0) is 19.3 Å². The molecule has 0 radical (unpaired) electrons. The van der Waals surface area contributed by atoms with Crippen LogP contribution in [0.2, 0.25) is 0 Å². The number of carbonyl (C=O) groups excluding carboxylic acids is 1. The molecule has 1 amide bonds. The molecule has 0 aromatic heterocycles. The first-order valence-electron chi connectivity index (χ1n) is 6.44. The van der Waals surface area contributed by atoms with Crippen molar-refractivity contribution in [3.05, 3.63) is 0 Å². The Morgan fingerprint density at radius 2 is 2.12 bits per heavy atom. The van der Waals surface area contributed by atoms with Crippen molar-refractivity contribution >= 4 is 5.91 Å². The lowest BCUT2D eigenvalue weighted by Crippen LogP contribution is -2.53. The van der Waals surface area contributed by atoms with E-state index in [9.17, 15) is 4.79 Å². The number of nitrogens with one attached hydrogen (secondary N) is 1. The largest absolute Gasteiger partial charge is 0.378 e. The molecule has 92 valence electrons. The normalized spacial score (nSPS) is 23.9. The minimum Gasteiger partial charge on any atom is -0.378 e. The van der Waals surface area contributed by atoms with Gasteiger partial charge in [0.15, 0.2) is 0 Å². The predicted octanol–water partition coefficient (Wildman–Crippen LogP) is 0.766. The molecular formula is C12H22N2O2. The first-order chi connectivity index (χ1) is 7.81. The first-order valence-corrected chi connectivity index (χ1v) is 6.44. The van der Waals surface area contributed by atoms with Crippen molar-refractivity contribution in [3.63, 3.8) is 0 Å². The van der Waals surface area contributed by atoms with Crippen LogP contribution in [0.15, 0.2) is 0 Å². The third-order valence-corrected chi connectivity index (χ3v) is 3.57. The fourth-order valence-electron chi connectivity index (χ4n) is 2.23. The van der Waals surface area contributed by atoms with E-state index in [1.807, 2.05) is 4.90 Å². The van der Waals surface area contributed by atoms with Gasteiger partial charge in [0.2, 0.25) is 5.91 Å². The van der Waals surface area contributed by atoms with Crippen molar-refractivity contribution in [2.24, 2.45) is 0 Å². The van der Waals surface area contributed by atoms with Crippen molar-refractivity contribution in [1.29, 1.82) is 0 Å².